The van der Waals surface area contributed by atoms with Crippen LogP contribution in [-0.2, 0) is 4.79 Å². The highest BCUT2D eigenvalue weighted by atomic mass is 16.5. The Labute approximate surface area is 148 Å². The third kappa shape index (κ3) is 4.18. The lowest BCUT2D eigenvalue weighted by atomic mass is 9.94. The Morgan fingerprint density at radius 2 is 1.84 bits per heavy atom. The summed E-state index contributed by atoms with van der Waals surface area (Å²) in [6.45, 7) is 5.62. The number of carbonyl (C=O) groups excluding carboxylic acids is 1. The lowest BCUT2D eigenvalue weighted by Crippen LogP contribution is -2.37. The maximum Gasteiger partial charge on any atom is 0.226 e. The fraction of sp³-hybridized carbons (Fsp3) is 0.350. The van der Waals surface area contributed by atoms with Crippen LogP contribution in [0.25, 0.3) is 0 Å². The molecule has 1 amide bonds. The monoisotopic (exact) mass is 339 g/mol. The van der Waals surface area contributed by atoms with Crippen LogP contribution in [0, 0.1) is 19.8 Å². The van der Waals surface area contributed by atoms with Crippen molar-refractivity contribution >= 4 is 5.91 Å². The molecule has 2 aromatic carbocycles. The lowest BCUT2D eigenvalue weighted by molar-refractivity contribution is -0.125. The van der Waals surface area contributed by atoms with Gasteiger partial charge in [-0.05, 0) is 30.5 Å². The van der Waals surface area contributed by atoms with Gasteiger partial charge in [0.15, 0.2) is 0 Å². The number of nitrogens with one attached hydrogen (secondary N) is 3. The fourth-order valence-electron chi connectivity index (χ4n) is 3.20. The topological polar surface area (TPSA) is 62.4 Å². The molecule has 0 saturated carbocycles. The van der Waals surface area contributed by atoms with Crippen molar-refractivity contribution in [3.8, 4) is 5.75 Å². The molecule has 0 bridgehead atoms. The van der Waals surface area contributed by atoms with Crippen molar-refractivity contribution in [2.75, 3.05) is 19.7 Å². The normalized spacial score (nSPS) is 19.6. The number of hydrogen-bond donors (Lipinski definition) is 3. The van der Waals surface area contributed by atoms with Gasteiger partial charge in [0.25, 0.3) is 0 Å². The molecule has 5 heteroatoms. The first-order valence-corrected chi connectivity index (χ1v) is 8.67. The van der Waals surface area contributed by atoms with Gasteiger partial charge < -0.3 is 10.1 Å². The summed E-state index contributed by atoms with van der Waals surface area (Å²) in [5, 5.41) is 2.99. The fourth-order valence-corrected chi connectivity index (χ4v) is 3.20. The van der Waals surface area contributed by atoms with Gasteiger partial charge in [0.2, 0.25) is 5.91 Å². The van der Waals surface area contributed by atoms with Crippen LogP contribution in [0.2, 0.25) is 0 Å². The van der Waals surface area contributed by atoms with E-state index in [-0.39, 0.29) is 17.9 Å². The second-order valence-corrected chi connectivity index (χ2v) is 6.38. The number of rotatable bonds is 6. The van der Waals surface area contributed by atoms with Crippen LogP contribution in [-0.4, -0.2) is 25.6 Å². The van der Waals surface area contributed by atoms with E-state index >= 15 is 0 Å². The van der Waals surface area contributed by atoms with Crippen molar-refractivity contribution in [1.29, 1.82) is 0 Å². The highest BCUT2D eigenvalue weighted by molar-refractivity contribution is 5.80. The summed E-state index contributed by atoms with van der Waals surface area (Å²) in [5.74, 6) is 0.808. The molecule has 1 heterocycles. The molecule has 0 spiro atoms. The minimum atomic E-state index is -0.136. The zero-order chi connectivity index (χ0) is 17.6. The predicted octanol–water partition coefficient (Wildman–Crippen LogP) is 2.26. The molecule has 2 unspecified atom stereocenters. The average molecular weight is 339 g/mol. The molecule has 1 saturated heterocycles. The first kappa shape index (κ1) is 17.5. The van der Waals surface area contributed by atoms with Gasteiger partial charge in [-0.1, -0.05) is 48.5 Å². The predicted molar refractivity (Wildman–Crippen MR) is 98.2 cm³/mol. The van der Waals surface area contributed by atoms with Gasteiger partial charge in [-0.3, -0.25) is 10.2 Å². The molecule has 0 aliphatic carbocycles. The van der Waals surface area contributed by atoms with Crippen molar-refractivity contribution in [2.45, 2.75) is 19.9 Å². The van der Waals surface area contributed by atoms with Crippen molar-refractivity contribution in [1.82, 2.24) is 16.2 Å². The van der Waals surface area contributed by atoms with Crippen LogP contribution in [0.15, 0.2) is 48.5 Å². The molecule has 3 N–H and O–H groups in total. The zero-order valence-corrected chi connectivity index (χ0v) is 14.7. The largest absolute Gasteiger partial charge is 0.491 e. The van der Waals surface area contributed by atoms with Gasteiger partial charge >= 0.3 is 0 Å². The smallest absolute Gasteiger partial charge is 0.226 e. The van der Waals surface area contributed by atoms with E-state index in [4.69, 9.17) is 4.74 Å². The van der Waals surface area contributed by atoms with Crippen LogP contribution < -0.4 is 20.9 Å². The highest BCUT2D eigenvalue weighted by Crippen LogP contribution is 2.25. The highest BCUT2D eigenvalue weighted by Gasteiger charge is 2.33. The van der Waals surface area contributed by atoms with E-state index in [1.165, 1.54) is 0 Å². The molecule has 0 aromatic heterocycles. The Morgan fingerprint density at radius 1 is 1.12 bits per heavy atom. The minimum absolute atomic E-state index is 0.0132. The van der Waals surface area contributed by atoms with Gasteiger partial charge in [0, 0.05) is 6.54 Å². The standard InChI is InChI=1S/C20H25N3O2/c1-14-7-6-8-15(2)19(14)25-12-11-21-20(24)17-13-22-23-18(17)16-9-4-3-5-10-16/h3-10,17-18,22-23H,11-13H2,1-2H3,(H,21,24). The zero-order valence-electron chi connectivity index (χ0n) is 14.7. The summed E-state index contributed by atoms with van der Waals surface area (Å²) in [7, 11) is 0. The molecule has 25 heavy (non-hydrogen) atoms. The van der Waals surface area contributed by atoms with Crippen molar-refractivity contribution in [2.24, 2.45) is 5.92 Å². The Morgan fingerprint density at radius 3 is 2.56 bits per heavy atom. The van der Waals surface area contributed by atoms with E-state index in [1.807, 2.05) is 62.4 Å². The van der Waals surface area contributed by atoms with E-state index in [9.17, 15) is 4.79 Å². The van der Waals surface area contributed by atoms with Crippen LogP contribution in [0.5, 0.6) is 5.75 Å². The minimum Gasteiger partial charge on any atom is -0.491 e. The Kier molecular flexibility index (Phi) is 5.68. The number of amides is 1. The number of para-hydroxylation sites is 1. The van der Waals surface area contributed by atoms with Gasteiger partial charge in [-0.25, -0.2) is 5.43 Å². The van der Waals surface area contributed by atoms with Crippen molar-refractivity contribution in [3.63, 3.8) is 0 Å². The summed E-state index contributed by atoms with van der Waals surface area (Å²) >= 11 is 0. The molecule has 132 valence electrons. The van der Waals surface area contributed by atoms with Gasteiger partial charge in [0.05, 0.1) is 18.5 Å². The maximum atomic E-state index is 12.5. The number of hydrazine groups is 1. The van der Waals surface area contributed by atoms with E-state index in [0.717, 1.165) is 22.4 Å². The SMILES string of the molecule is Cc1cccc(C)c1OCCNC(=O)C1CNNC1c1ccccc1. The molecule has 3 rings (SSSR count). The second-order valence-electron chi connectivity index (χ2n) is 6.38. The van der Waals surface area contributed by atoms with E-state index in [0.29, 0.717) is 19.7 Å². The Hall–Kier alpha value is -2.37. The average Bonchev–Trinajstić information content (AvgIpc) is 3.11. The Bertz CT molecular complexity index is 698. The van der Waals surface area contributed by atoms with Crippen LogP contribution >= 0.6 is 0 Å². The summed E-state index contributed by atoms with van der Waals surface area (Å²) in [6.07, 6.45) is 0. The summed E-state index contributed by atoms with van der Waals surface area (Å²) in [6, 6.07) is 16.1. The van der Waals surface area contributed by atoms with Crippen molar-refractivity contribution < 1.29 is 9.53 Å². The quantitative estimate of drug-likeness (QED) is 0.707. The third-order valence-corrected chi connectivity index (χ3v) is 4.53. The molecule has 0 radical (unpaired) electrons. The summed E-state index contributed by atoms with van der Waals surface area (Å²) < 4.78 is 5.85. The van der Waals surface area contributed by atoms with Gasteiger partial charge in [-0.2, -0.15) is 0 Å². The molecular weight excluding hydrogens is 314 g/mol. The first-order valence-electron chi connectivity index (χ1n) is 8.67. The second kappa shape index (κ2) is 8.14. The Balaban J connectivity index is 1.51. The third-order valence-electron chi connectivity index (χ3n) is 4.53. The molecule has 2 atom stereocenters. The molecule has 5 nitrogen and oxygen atoms in total. The molecule has 2 aromatic rings. The molecule has 1 aliphatic heterocycles. The number of hydrogen-bond acceptors (Lipinski definition) is 4. The van der Waals surface area contributed by atoms with Crippen LogP contribution in [0.4, 0.5) is 0 Å². The number of benzene rings is 2. The van der Waals surface area contributed by atoms with Crippen LogP contribution in [0.1, 0.15) is 22.7 Å². The number of carbonyl (C=O) groups is 1. The van der Waals surface area contributed by atoms with Gasteiger partial charge in [-0.15, -0.1) is 0 Å². The van der Waals surface area contributed by atoms with E-state index < -0.39 is 0 Å². The van der Waals surface area contributed by atoms with Gasteiger partial charge in [0.1, 0.15) is 12.4 Å². The van der Waals surface area contributed by atoms with Crippen LogP contribution in [0.3, 0.4) is 0 Å². The van der Waals surface area contributed by atoms with Crippen molar-refractivity contribution in [3.05, 3.63) is 65.2 Å². The first-order chi connectivity index (χ1) is 12.2. The van der Waals surface area contributed by atoms with E-state index in [2.05, 4.69) is 16.2 Å². The van der Waals surface area contributed by atoms with E-state index in [1.54, 1.807) is 0 Å². The molecular formula is C20H25N3O2. The number of aryl methyl sites for hydroxylation is 2. The molecule has 1 fully saturated rings. The lowest BCUT2D eigenvalue weighted by Gasteiger charge is -2.19. The molecule has 1 aliphatic rings. The number of ether oxygens (including phenoxy) is 1. The maximum absolute atomic E-state index is 12.5. The summed E-state index contributed by atoms with van der Waals surface area (Å²) in [4.78, 5) is 12.5. The summed E-state index contributed by atoms with van der Waals surface area (Å²) in [5.41, 5.74) is 9.62.